The lowest BCUT2D eigenvalue weighted by Crippen LogP contribution is -2.08. The Kier molecular flexibility index (Phi) is 5.28. The van der Waals surface area contributed by atoms with Crippen molar-refractivity contribution in [2.75, 3.05) is 11.9 Å². The first-order valence-electron chi connectivity index (χ1n) is 8.78. The van der Waals surface area contributed by atoms with Crippen molar-refractivity contribution in [3.8, 4) is 5.88 Å². The highest BCUT2D eigenvalue weighted by atomic mass is 19.3. The molecule has 1 N–H and O–H groups in total. The molecule has 1 aromatic carbocycles. The molecule has 0 aliphatic rings. The third-order valence-electron chi connectivity index (χ3n) is 4.14. The Morgan fingerprint density at radius 2 is 1.90 bits per heavy atom. The van der Waals surface area contributed by atoms with Gasteiger partial charge in [-0.15, -0.1) is 0 Å². The van der Waals surface area contributed by atoms with E-state index in [-0.39, 0.29) is 18.2 Å². The van der Waals surface area contributed by atoms with E-state index < -0.39 is 13.0 Å². The summed E-state index contributed by atoms with van der Waals surface area (Å²) in [5.74, 6) is 0.657. The van der Waals surface area contributed by atoms with Crippen LogP contribution in [0.5, 0.6) is 5.88 Å². The Balaban J connectivity index is 1.56. The molecule has 0 saturated carbocycles. The first kappa shape index (κ1) is 18.7. The lowest BCUT2D eigenvalue weighted by atomic mass is 10.2. The van der Waals surface area contributed by atoms with Gasteiger partial charge in [-0.2, -0.15) is 10.1 Å². The second-order valence-corrected chi connectivity index (χ2v) is 6.21. The topological polar surface area (TPSA) is 64.9 Å². The van der Waals surface area contributed by atoms with Crippen LogP contribution < -0.4 is 10.1 Å². The molecule has 0 spiro atoms. The van der Waals surface area contributed by atoms with Gasteiger partial charge in [0, 0.05) is 29.3 Å². The number of anilines is 2. The molecule has 0 bridgehead atoms. The number of alkyl halides is 2. The van der Waals surface area contributed by atoms with Crippen molar-refractivity contribution in [1.82, 2.24) is 19.7 Å². The number of benzene rings is 1. The maximum Gasteiger partial charge on any atom is 0.272 e. The van der Waals surface area contributed by atoms with Crippen LogP contribution in [-0.2, 0) is 6.54 Å². The molecule has 0 aliphatic heterocycles. The lowest BCUT2D eigenvalue weighted by molar-refractivity contribution is 0.0797. The first-order chi connectivity index (χ1) is 14.1. The van der Waals surface area contributed by atoms with Gasteiger partial charge < -0.3 is 10.1 Å². The Hall–Kier alpha value is -3.62. The van der Waals surface area contributed by atoms with Crippen LogP contribution in [0, 0.1) is 5.82 Å². The van der Waals surface area contributed by atoms with E-state index in [1.54, 1.807) is 53.5 Å². The molecule has 9 heteroatoms. The summed E-state index contributed by atoms with van der Waals surface area (Å²) in [5.41, 5.74) is 1.28. The van der Waals surface area contributed by atoms with Crippen molar-refractivity contribution in [3.05, 3.63) is 72.3 Å². The van der Waals surface area contributed by atoms with Crippen LogP contribution in [0.1, 0.15) is 5.56 Å². The minimum Gasteiger partial charge on any atom is -0.472 e. The number of hydrogen-bond acceptors (Lipinski definition) is 5. The van der Waals surface area contributed by atoms with Crippen LogP contribution in [0.15, 0.2) is 60.9 Å². The smallest absolute Gasteiger partial charge is 0.272 e. The number of nitrogens with zero attached hydrogens (tertiary/aromatic N) is 4. The molecule has 3 heterocycles. The van der Waals surface area contributed by atoms with Gasteiger partial charge in [0.2, 0.25) is 5.88 Å². The fourth-order valence-electron chi connectivity index (χ4n) is 2.80. The number of pyridine rings is 2. The van der Waals surface area contributed by atoms with Crippen molar-refractivity contribution in [3.63, 3.8) is 0 Å². The van der Waals surface area contributed by atoms with Crippen LogP contribution in [-0.4, -0.2) is 32.8 Å². The molecule has 0 saturated heterocycles. The van der Waals surface area contributed by atoms with E-state index in [0.717, 1.165) is 10.9 Å². The predicted octanol–water partition coefficient (Wildman–Crippen LogP) is 4.40. The quantitative estimate of drug-likeness (QED) is 0.499. The second kappa shape index (κ2) is 8.17. The maximum absolute atomic E-state index is 14.0. The predicted molar refractivity (Wildman–Crippen MR) is 102 cm³/mol. The fourth-order valence-corrected chi connectivity index (χ4v) is 2.80. The molecule has 4 aromatic rings. The number of hydrogen-bond donors (Lipinski definition) is 1. The van der Waals surface area contributed by atoms with Gasteiger partial charge in [-0.25, -0.2) is 18.2 Å². The van der Waals surface area contributed by atoms with E-state index in [9.17, 15) is 13.2 Å². The Morgan fingerprint density at radius 1 is 1.03 bits per heavy atom. The first-order valence-corrected chi connectivity index (χ1v) is 8.78. The van der Waals surface area contributed by atoms with Crippen molar-refractivity contribution >= 4 is 22.5 Å². The van der Waals surface area contributed by atoms with E-state index >= 15 is 0 Å². The van der Waals surface area contributed by atoms with Crippen LogP contribution in [0.3, 0.4) is 0 Å². The fraction of sp³-hybridized carbons (Fsp3) is 0.150. The summed E-state index contributed by atoms with van der Waals surface area (Å²) in [5, 5.41) is 8.12. The van der Waals surface area contributed by atoms with Crippen molar-refractivity contribution in [2.45, 2.75) is 13.0 Å². The molecule has 0 amide bonds. The molecular formula is C20H16F3N5O. The Morgan fingerprint density at radius 3 is 2.72 bits per heavy atom. The van der Waals surface area contributed by atoms with Crippen LogP contribution >= 0.6 is 0 Å². The zero-order valence-corrected chi connectivity index (χ0v) is 15.1. The Bertz CT molecular complexity index is 1130. The molecule has 148 valence electrons. The minimum atomic E-state index is -2.58. The minimum absolute atomic E-state index is 0.0842. The summed E-state index contributed by atoms with van der Waals surface area (Å²) in [6, 6.07) is 13.1. The highest BCUT2D eigenvalue weighted by Crippen LogP contribution is 2.21. The molecule has 29 heavy (non-hydrogen) atoms. The zero-order valence-electron chi connectivity index (χ0n) is 15.1. The normalized spacial score (nSPS) is 11.2. The van der Waals surface area contributed by atoms with Crippen molar-refractivity contribution < 1.29 is 17.9 Å². The number of aromatic nitrogens is 4. The van der Waals surface area contributed by atoms with Crippen LogP contribution in [0.2, 0.25) is 0 Å². The molecule has 0 unspecified atom stereocenters. The zero-order chi connectivity index (χ0) is 20.2. The summed E-state index contributed by atoms with van der Waals surface area (Å²) in [4.78, 5) is 8.44. The van der Waals surface area contributed by atoms with E-state index in [1.807, 2.05) is 0 Å². The summed E-state index contributed by atoms with van der Waals surface area (Å²) in [6.45, 7) is -0.454. The summed E-state index contributed by atoms with van der Waals surface area (Å²) in [6.07, 6.45) is 0.719. The Labute approximate surface area is 164 Å². The maximum atomic E-state index is 14.0. The van der Waals surface area contributed by atoms with Gasteiger partial charge in [-0.1, -0.05) is 24.3 Å². The lowest BCUT2D eigenvalue weighted by Gasteiger charge is -2.09. The molecule has 0 radical (unpaired) electrons. The number of ether oxygens (including phenoxy) is 1. The van der Waals surface area contributed by atoms with Gasteiger partial charge in [0.15, 0.2) is 6.61 Å². The summed E-state index contributed by atoms with van der Waals surface area (Å²) in [7, 11) is 0. The van der Waals surface area contributed by atoms with E-state index in [2.05, 4.69) is 20.4 Å². The highest BCUT2D eigenvalue weighted by molar-refractivity contribution is 5.81. The number of rotatable bonds is 7. The largest absolute Gasteiger partial charge is 0.472 e. The molecule has 0 fully saturated rings. The third kappa shape index (κ3) is 4.45. The monoisotopic (exact) mass is 399 g/mol. The third-order valence-corrected chi connectivity index (χ3v) is 4.14. The van der Waals surface area contributed by atoms with E-state index in [0.29, 0.717) is 17.2 Å². The van der Waals surface area contributed by atoms with Gasteiger partial charge in [-0.3, -0.25) is 4.68 Å². The standard InChI is InChI=1S/C20H16F3N5O/c21-15-5-2-1-4-13(15)11-28-16-8-19(24-9-14(16)10-25-28)26-18-6-3-7-20(27-18)29-12-17(22)23/h1-10,17H,11-12H2,(H,24,26,27). The van der Waals surface area contributed by atoms with Crippen LogP contribution in [0.25, 0.3) is 10.9 Å². The van der Waals surface area contributed by atoms with Gasteiger partial charge >= 0.3 is 0 Å². The highest BCUT2D eigenvalue weighted by Gasteiger charge is 2.09. The second-order valence-electron chi connectivity index (χ2n) is 6.21. The SMILES string of the molecule is Fc1ccccc1Cn1ncc2cnc(Nc3cccc(OCC(F)F)n3)cc21. The number of fused-ring (bicyclic) bond motifs is 1. The van der Waals surface area contributed by atoms with E-state index in [4.69, 9.17) is 4.74 Å². The number of halogens is 3. The van der Waals surface area contributed by atoms with Gasteiger partial charge in [0.25, 0.3) is 6.43 Å². The van der Waals surface area contributed by atoms with Crippen molar-refractivity contribution in [2.24, 2.45) is 0 Å². The summed E-state index contributed by atoms with van der Waals surface area (Å²) < 4.78 is 45.2. The van der Waals surface area contributed by atoms with Gasteiger partial charge in [0.1, 0.15) is 17.5 Å². The van der Waals surface area contributed by atoms with Crippen molar-refractivity contribution in [1.29, 1.82) is 0 Å². The molecule has 3 aromatic heterocycles. The molecule has 0 aliphatic carbocycles. The number of nitrogens with one attached hydrogen (secondary N) is 1. The summed E-state index contributed by atoms with van der Waals surface area (Å²) >= 11 is 0. The average Bonchev–Trinajstić information content (AvgIpc) is 3.11. The van der Waals surface area contributed by atoms with Gasteiger partial charge in [0.05, 0.1) is 18.3 Å². The van der Waals surface area contributed by atoms with E-state index in [1.165, 1.54) is 12.1 Å². The molecule has 4 rings (SSSR count). The average molecular weight is 399 g/mol. The van der Waals surface area contributed by atoms with Gasteiger partial charge in [-0.05, 0) is 12.1 Å². The molecule has 6 nitrogen and oxygen atoms in total. The van der Waals surface area contributed by atoms with Crippen LogP contribution in [0.4, 0.5) is 24.8 Å². The molecular weight excluding hydrogens is 383 g/mol. The molecule has 0 atom stereocenters.